The van der Waals surface area contributed by atoms with E-state index in [-0.39, 0.29) is 5.84 Å². The van der Waals surface area contributed by atoms with Crippen LogP contribution in [0.4, 0.5) is 0 Å². The third-order valence-corrected chi connectivity index (χ3v) is 12.6. The van der Waals surface area contributed by atoms with Crippen molar-refractivity contribution < 1.29 is 0 Å². The van der Waals surface area contributed by atoms with Gasteiger partial charge in [0.1, 0.15) is 5.70 Å². The highest BCUT2D eigenvalue weighted by molar-refractivity contribution is 6.40. The smallest absolute Gasteiger partial charge is 0.172 e. The molecule has 62 heavy (non-hydrogen) atoms. The molecular formula is C54H36N8. The monoisotopic (exact) mass is 796 g/mol. The van der Waals surface area contributed by atoms with E-state index in [2.05, 4.69) is 205 Å². The molecule has 8 heteroatoms. The molecule has 8 nitrogen and oxygen atoms in total. The van der Waals surface area contributed by atoms with Gasteiger partial charge in [0.2, 0.25) is 0 Å². The molecule has 12 aromatic rings. The minimum Gasteiger partial charge on any atom is -0.309 e. The Hall–Kier alpha value is -8.49. The summed E-state index contributed by atoms with van der Waals surface area (Å²) in [6.07, 6.45) is 3.67. The van der Waals surface area contributed by atoms with E-state index in [1.807, 2.05) is 13.2 Å². The van der Waals surface area contributed by atoms with Crippen LogP contribution in [0.25, 0.3) is 98.6 Å². The molecule has 13 rings (SSSR count). The predicted molar refractivity (Wildman–Crippen MR) is 259 cm³/mol. The second kappa shape index (κ2) is 13.0. The van der Waals surface area contributed by atoms with E-state index in [0.29, 0.717) is 11.5 Å². The van der Waals surface area contributed by atoms with Crippen LogP contribution in [0.5, 0.6) is 0 Å². The van der Waals surface area contributed by atoms with Crippen molar-refractivity contribution in [2.24, 2.45) is 9.98 Å². The zero-order valence-corrected chi connectivity index (χ0v) is 33.6. The summed E-state index contributed by atoms with van der Waals surface area (Å²) in [5.74, 6) is 0.734. The van der Waals surface area contributed by atoms with Crippen LogP contribution in [0.15, 0.2) is 204 Å². The van der Waals surface area contributed by atoms with E-state index in [9.17, 15) is 0 Å². The quantitative estimate of drug-likeness (QED) is 0.189. The Labute approximate surface area is 354 Å². The van der Waals surface area contributed by atoms with Crippen molar-refractivity contribution in [2.75, 3.05) is 12.1 Å². The largest absolute Gasteiger partial charge is 0.309 e. The van der Waals surface area contributed by atoms with Gasteiger partial charge < -0.3 is 9.13 Å². The topological polar surface area (TPSA) is 71.5 Å². The van der Waals surface area contributed by atoms with Crippen molar-refractivity contribution in [1.29, 1.82) is 5.41 Å². The highest BCUT2D eigenvalue weighted by Gasteiger charge is 2.25. The highest BCUT2D eigenvalue weighted by atomic mass is 15.5. The van der Waals surface area contributed by atoms with Crippen molar-refractivity contribution in [3.63, 3.8) is 0 Å². The van der Waals surface area contributed by atoms with Crippen LogP contribution in [-0.4, -0.2) is 43.3 Å². The summed E-state index contributed by atoms with van der Waals surface area (Å²) in [5, 5.41) is 20.5. The van der Waals surface area contributed by atoms with Gasteiger partial charge in [0.05, 0.1) is 56.5 Å². The van der Waals surface area contributed by atoms with Gasteiger partial charge in [0.25, 0.3) is 0 Å². The van der Waals surface area contributed by atoms with Gasteiger partial charge in [-0.2, -0.15) is 0 Å². The summed E-state index contributed by atoms with van der Waals surface area (Å²) in [5.41, 5.74) is 11.4. The van der Waals surface area contributed by atoms with Gasteiger partial charge in [-0.15, -0.1) is 0 Å². The lowest BCUT2D eigenvalue weighted by atomic mass is 10.1. The van der Waals surface area contributed by atoms with Gasteiger partial charge >= 0.3 is 0 Å². The van der Waals surface area contributed by atoms with E-state index in [0.717, 1.165) is 82.4 Å². The van der Waals surface area contributed by atoms with Gasteiger partial charge in [-0.3, -0.25) is 19.7 Å². The van der Waals surface area contributed by atoms with Gasteiger partial charge in [-0.05, 0) is 54.6 Å². The lowest BCUT2D eigenvalue weighted by molar-refractivity contribution is 0.823. The van der Waals surface area contributed by atoms with Gasteiger partial charge in [-0.1, -0.05) is 127 Å². The predicted octanol–water partition coefficient (Wildman–Crippen LogP) is 12.5. The summed E-state index contributed by atoms with van der Waals surface area (Å²) in [6.45, 7) is 0. The second-order valence-electron chi connectivity index (χ2n) is 15.9. The second-order valence-corrected chi connectivity index (χ2v) is 15.9. The van der Waals surface area contributed by atoms with E-state index < -0.39 is 0 Å². The average Bonchev–Trinajstić information content (AvgIpc) is 4.05. The van der Waals surface area contributed by atoms with Gasteiger partial charge in [0, 0.05) is 61.5 Å². The number of amidine groups is 1. The van der Waals surface area contributed by atoms with Crippen LogP contribution in [0.3, 0.4) is 0 Å². The molecule has 1 N–H and O–H groups in total. The first kappa shape index (κ1) is 34.4. The molecule has 292 valence electrons. The summed E-state index contributed by atoms with van der Waals surface area (Å²) in [7, 11) is 2.03. The Morgan fingerprint density at radius 2 is 0.887 bits per heavy atom. The summed E-state index contributed by atoms with van der Waals surface area (Å²) in [6, 6.07) is 64.5. The number of fused-ring (bicyclic) bond motifs is 14. The third kappa shape index (κ3) is 4.74. The molecule has 0 atom stereocenters. The molecule has 0 spiro atoms. The summed E-state index contributed by atoms with van der Waals surface area (Å²) < 4.78 is 9.22. The molecule has 1 aliphatic rings. The fraction of sp³-hybridized carbons (Fsp3) is 0.0185. The van der Waals surface area contributed by atoms with Gasteiger partial charge in [0.15, 0.2) is 11.7 Å². The summed E-state index contributed by atoms with van der Waals surface area (Å²) in [4.78, 5) is 10.0. The molecule has 0 fully saturated rings. The highest BCUT2D eigenvalue weighted by Crippen LogP contribution is 2.42. The molecule has 0 saturated carbocycles. The third-order valence-electron chi connectivity index (χ3n) is 12.6. The maximum Gasteiger partial charge on any atom is 0.172 e. The number of nitrogens with zero attached hydrogens (tertiary/aromatic N) is 7. The van der Waals surface area contributed by atoms with Crippen molar-refractivity contribution in [3.05, 3.63) is 194 Å². The molecule has 0 radical (unpaired) electrons. The Balaban J connectivity index is 1.05. The number of nitrogens with one attached hydrogen (secondary N) is 1. The molecule has 8 aromatic carbocycles. The van der Waals surface area contributed by atoms with Crippen LogP contribution < -0.4 is 5.01 Å². The van der Waals surface area contributed by atoms with Crippen molar-refractivity contribution >= 4 is 105 Å². The Morgan fingerprint density at radius 1 is 0.435 bits per heavy atom. The molecule has 0 saturated heterocycles. The first-order chi connectivity index (χ1) is 30.6. The van der Waals surface area contributed by atoms with Crippen LogP contribution in [0.1, 0.15) is 0 Å². The standard InChI is InChI=1S/C54H36N8/c1-58(62-47-27-15-11-23-42(47)50-48(62)31-30-39-36-20-8-12-24-44(36)59(51(39)50)34-16-4-2-5-17-34)33-43-54(55)56-32-49(57-43)61-46-26-14-10-22-38(46)41-29-28-40-37-21-9-13-25-45(37)60(52(40)53(41)61)35-18-6-3-7-19-35/h2-33,55H,1H3/b43-33+,55-54?. The average molecular weight is 797 g/mol. The minimum absolute atomic E-state index is 0.0947. The SMILES string of the molecule is CN(/C=C1/N=C(n2c3ccccc3c3ccc4c5ccccc5n(-c5ccccc5)c4c32)C=NC1=N)n1c2ccccc2c2c3c(ccc21)c1ccccc1n3-c1ccccc1. The number of benzene rings is 8. The Kier molecular flexibility index (Phi) is 7.21. The Morgan fingerprint density at radius 3 is 1.48 bits per heavy atom. The maximum absolute atomic E-state index is 9.15. The molecule has 1 aliphatic heterocycles. The lowest BCUT2D eigenvalue weighted by Crippen LogP contribution is -2.26. The van der Waals surface area contributed by atoms with E-state index in [1.54, 1.807) is 6.21 Å². The number of aromatic nitrogens is 4. The molecule has 0 bridgehead atoms. The number of para-hydroxylation sites is 6. The first-order valence-corrected chi connectivity index (χ1v) is 20.8. The fourth-order valence-electron chi connectivity index (χ4n) is 10.1. The van der Waals surface area contributed by atoms with Crippen LogP contribution in [-0.2, 0) is 0 Å². The van der Waals surface area contributed by atoms with Crippen molar-refractivity contribution in [1.82, 2.24) is 18.4 Å². The number of aliphatic imine (C=N–C) groups is 2. The number of rotatable bonds is 4. The molecular weight excluding hydrogens is 761 g/mol. The minimum atomic E-state index is 0.0947. The lowest BCUT2D eigenvalue weighted by Gasteiger charge is -2.21. The van der Waals surface area contributed by atoms with Crippen molar-refractivity contribution in [3.8, 4) is 11.4 Å². The zero-order chi connectivity index (χ0) is 41.1. The maximum atomic E-state index is 9.15. The van der Waals surface area contributed by atoms with Crippen molar-refractivity contribution in [2.45, 2.75) is 0 Å². The first-order valence-electron chi connectivity index (χ1n) is 20.8. The summed E-state index contributed by atoms with van der Waals surface area (Å²) >= 11 is 0. The zero-order valence-electron chi connectivity index (χ0n) is 33.6. The fourth-order valence-corrected chi connectivity index (χ4v) is 10.1. The molecule has 4 aromatic heterocycles. The van der Waals surface area contributed by atoms with E-state index in [4.69, 9.17) is 15.4 Å². The normalized spacial score (nSPS) is 14.0. The van der Waals surface area contributed by atoms with E-state index >= 15 is 0 Å². The van der Waals surface area contributed by atoms with Gasteiger partial charge in [-0.25, -0.2) is 9.98 Å². The number of hydrogen-bond acceptors (Lipinski definition) is 3. The molecule has 0 unspecified atom stereocenters. The van der Waals surface area contributed by atoms with Crippen LogP contribution in [0.2, 0.25) is 0 Å². The van der Waals surface area contributed by atoms with Crippen LogP contribution in [0, 0.1) is 5.41 Å². The van der Waals surface area contributed by atoms with Crippen LogP contribution >= 0.6 is 0 Å². The van der Waals surface area contributed by atoms with E-state index in [1.165, 1.54) is 16.2 Å². The molecule has 5 heterocycles. The molecule has 0 amide bonds. The number of hydrogen-bond donors (Lipinski definition) is 1. The molecule has 0 aliphatic carbocycles. The Bertz CT molecular complexity index is 3950.